The van der Waals surface area contributed by atoms with Crippen LogP contribution in [0.4, 0.5) is 0 Å². The van der Waals surface area contributed by atoms with Gasteiger partial charge in [0.1, 0.15) is 0 Å². The molecule has 0 radical (unpaired) electrons. The van der Waals surface area contributed by atoms with Crippen molar-refractivity contribution in [3.63, 3.8) is 0 Å². The van der Waals surface area contributed by atoms with Crippen LogP contribution in [0, 0.1) is 16.7 Å². The molecule has 2 aliphatic heterocycles. The molecule has 1 saturated carbocycles. The Morgan fingerprint density at radius 1 is 1.16 bits per heavy atom. The average Bonchev–Trinajstić information content (AvgIpc) is 2.59. The molecule has 3 heteroatoms. The largest absolute Gasteiger partial charge is 0.339 e. The van der Waals surface area contributed by atoms with E-state index in [0.717, 1.165) is 32.5 Å². The van der Waals surface area contributed by atoms with E-state index in [4.69, 9.17) is 0 Å². The van der Waals surface area contributed by atoms with Gasteiger partial charge < -0.3 is 10.2 Å². The van der Waals surface area contributed by atoms with Crippen LogP contribution in [0.5, 0.6) is 0 Å². The Hall–Kier alpha value is -0.570. The first-order chi connectivity index (χ1) is 8.89. The van der Waals surface area contributed by atoms with Gasteiger partial charge in [-0.15, -0.1) is 0 Å². The van der Waals surface area contributed by atoms with Gasteiger partial charge in [0, 0.05) is 18.5 Å². The second-order valence-electron chi connectivity index (χ2n) is 8.20. The topological polar surface area (TPSA) is 32.3 Å². The van der Waals surface area contributed by atoms with Gasteiger partial charge in [-0.1, -0.05) is 20.8 Å². The molecule has 2 saturated heterocycles. The van der Waals surface area contributed by atoms with Crippen LogP contribution in [-0.2, 0) is 4.79 Å². The van der Waals surface area contributed by atoms with Crippen molar-refractivity contribution in [3.05, 3.63) is 0 Å². The number of hydrogen-bond donors (Lipinski definition) is 1. The van der Waals surface area contributed by atoms with E-state index < -0.39 is 0 Å². The third-order valence-corrected chi connectivity index (χ3v) is 5.39. The van der Waals surface area contributed by atoms with E-state index in [0.29, 0.717) is 22.8 Å². The highest BCUT2D eigenvalue weighted by atomic mass is 16.2. The number of likely N-dealkylation sites (tertiary alicyclic amines) is 1. The predicted molar refractivity (Wildman–Crippen MR) is 76.8 cm³/mol. The summed E-state index contributed by atoms with van der Waals surface area (Å²) in [7, 11) is 0. The van der Waals surface area contributed by atoms with Gasteiger partial charge in [-0.3, -0.25) is 4.79 Å². The summed E-state index contributed by atoms with van der Waals surface area (Å²) in [4.78, 5) is 15.0. The Bertz CT molecular complexity index is 373. The predicted octanol–water partition coefficient (Wildman–Crippen LogP) is 2.41. The van der Waals surface area contributed by atoms with Crippen molar-refractivity contribution in [2.45, 2.75) is 58.9 Å². The van der Waals surface area contributed by atoms with Crippen molar-refractivity contribution >= 4 is 5.91 Å². The number of hydrogen-bond acceptors (Lipinski definition) is 2. The molecule has 2 heterocycles. The molecule has 3 fully saturated rings. The number of fused-ring (bicyclic) bond motifs is 2. The van der Waals surface area contributed by atoms with Crippen LogP contribution >= 0.6 is 0 Å². The van der Waals surface area contributed by atoms with Crippen molar-refractivity contribution < 1.29 is 4.79 Å². The molecule has 108 valence electrons. The first-order valence-electron chi connectivity index (χ1n) is 7.90. The Labute approximate surface area is 117 Å². The first kappa shape index (κ1) is 13.4. The minimum Gasteiger partial charge on any atom is -0.339 e. The second-order valence-corrected chi connectivity index (χ2v) is 8.20. The smallest absolute Gasteiger partial charge is 0.226 e. The summed E-state index contributed by atoms with van der Waals surface area (Å²) in [6.45, 7) is 10.2. The third-order valence-electron chi connectivity index (χ3n) is 5.39. The molecule has 3 aliphatic rings. The van der Waals surface area contributed by atoms with E-state index >= 15 is 0 Å². The van der Waals surface area contributed by atoms with Crippen molar-refractivity contribution in [2.75, 3.05) is 19.6 Å². The van der Waals surface area contributed by atoms with Crippen LogP contribution in [0.1, 0.15) is 52.9 Å². The second kappa shape index (κ2) is 4.47. The summed E-state index contributed by atoms with van der Waals surface area (Å²) in [5.41, 5.74) is 0.774. The summed E-state index contributed by atoms with van der Waals surface area (Å²) in [6, 6.07) is 0.510. The summed E-state index contributed by atoms with van der Waals surface area (Å²) >= 11 is 0. The van der Waals surface area contributed by atoms with E-state index in [-0.39, 0.29) is 5.92 Å². The molecule has 19 heavy (non-hydrogen) atoms. The van der Waals surface area contributed by atoms with Gasteiger partial charge in [0.15, 0.2) is 0 Å². The maximum absolute atomic E-state index is 12.8. The van der Waals surface area contributed by atoms with E-state index in [1.54, 1.807) is 0 Å². The maximum atomic E-state index is 12.8. The lowest BCUT2D eigenvalue weighted by molar-refractivity contribution is -0.137. The van der Waals surface area contributed by atoms with E-state index in [1.807, 2.05) is 0 Å². The molecular weight excluding hydrogens is 236 g/mol. The van der Waals surface area contributed by atoms with Crippen LogP contribution in [0.15, 0.2) is 0 Å². The summed E-state index contributed by atoms with van der Waals surface area (Å²) < 4.78 is 0. The van der Waals surface area contributed by atoms with Crippen LogP contribution < -0.4 is 5.32 Å². The van der Waals surface area contributed by atoms with Crippen molar-refractivity contribution in [2.24, 2.45) is 16.7 Å². The highest BCUT2D eigenvalue weighted by molar-refractivity contribution is 5.79. The number of piperidine rings is 1. The number of rotatable bonds is 1. The first-order valence-corrected chi connectivity index (χ1v) is 7.90. The molecule has 1 N–H and O–H groups in total. The Kier molecular flexibility index (Phi) is 3.16. The molecule has 0 spiro atoms. The number of carbonyl (C=O) groups excluding carboxylic acids is 1. The quantitative estimate of drug-likeness (QED) is 0.789. The highest BCUT2D eigenvalue weighted by Gasteiger charge is 2.51. The van der Waals surface area contributed by atoms with Crippen LogP contribution in [0.25, 0.3) is 0 Å². The average molecular weight is 264 g/mol. The van der Waals surface area contributed by atoms with Gasteiger partial charge in [-0.05, 0) is 56.0 Å². The van der Waals surface area contributed by atoms with E-state index in [1.165, 1.54) is 19.3 Å². The molecule has 0 aromatic rings. The Balaban J connectivity index is 1.74. The molecule has 1 aliphatic carbocycles. The fraction of sp³-hybridized carbons (Fsp3) is 0.938. The Morgan fingerprint density at radius 3 is 2.53 bits per heavy atom. The number of amides is 1. The van der Waals surface area contributed by atoms with Crippen molar-refractivity contribution in [1.82, 2.24) is 10.2 Å². The zero-order chi connectivity index (χ0) is 13.7. The lowest BCUT2D eigenvalue weighted by Gasteiger charge is -2.39. The van der Waals surface area contributed by atoms with Gasteiger partial charge in [0.2, 0.25) is 5.91 Å². The molecule has 2 bridgehead atoms. The minimum atomic E-state index is 0.285. The van der Waals surface area contributed by atoms with Crippen LogP contribution in [0.2, 0.25) is 0 Å². The molecule has 3 nitrogen and oxygen atoms in total. The van der Waals surface area contributed by atoms with Gasteiger partial charge in [-0.25, -0.2) is 0 Å². The fourth-order valence-electron chi connectivity index (χ4n) is 5.02. The highest BCUT2D eigenvalue weighted by Crippen LogP contribution is 2.52. The van der Waals surface area contributed by atoms with Crippen LogP contribution in [0.3, 0.4) is 0 Å². The minimum absolute atomic E-state index is 0.285. The monoisotopic (exact) mass is 264 g/mol. The molecule has 0 aromatic heterocycles. The molecule has 2 unspecified atom stereocenters. The van der Waals surface area contributed by atoms with Crippen molar-refractivity contribution in [3.8, 4) is 0 Å². The van der Waals surface area contributed by atoms with E-state index in [2.05, 4.69) is 31.0 Å². The molecule has 1 amide bonds. The molecule has 0 aromatic carbocycles. The number of nitrogens with one attached hydrogen (secondary N) is 1. The molecule has 2 atom stereocenters. The maximum Gasteiger partial charge on any atom is 0.226 e. The SMILES string of the molecule is CC1(C)CC2CC(C)(CN2C(=O)C2CCNCC2)C1. The third kappa shape index (κ3) is 2.54. The molecular formula is C16H28N2O. The summed E-state index contributed by atoms with van der Waals surface area (Å²) in [5, 5.41) is 3.36. The standard InChI is InChI=1S/C16H28N2O/c1-15(2)8-13-9-16(3,10-15)11-18(13)14(19)12-4-6-17-7-5-12/h12-13,17H,4-11H2,1-3H3. The van der Waals surface area contributed by atoms with Crippen molar-refractivity contribution in [1.29, 1.82) is 0 Å². The van der Waals surface area contributed by atoms with Crippen LogP contribution in [-0.4, -0.2) is 36.5 Å². The van der Waals surface area contributed by atoms with E-state index in [9.17, 15) is 4.79 Å². The normalized spacial score (nSPS) is 38.5. The van der Waals surface area contributed by atoms with Gasteiger partial charge in [0.25, 0.3) is 0 Å². The number of carbonyl (C=O) groups is 1. The Morgan fingerprint density at radius 2 is 1.84 bits per heavy atom. The number of nitrogens with zero attached hydrogens (tertiary/aromatic N) is 1. The summed E-state index contributed by atoms with van der Waals surface area (Å²) in [6.07, 6.45) is 5.75. The lowest BCUT2D eigenvalue weighted by Crippen LogP contribution is -2.43. The lowest BCUT2D eigenvalue weighted by atomic mass is 9.65. The van der Waals surface area contributed by atoms with Gasteiger partial charge in [0.05, 0.1) is 0 Å². The molecule has 3 rings (SSSR count). The zero-order valence-electron chi connectivity index (χ0n) is 12.7. The van der Waals surface area contributed by atoms with Gasteiger partial charge >= 0.3 is 0 Å². The zero-order valence-corrected chi connectivity index (χ0v) is 12.7. The summed E-state index contributed by atoms with van der Waals surface area (Å²) in [5.74, 6) is 0.736. The van der Waals surface area contributed by atoms with Gasteiger partial charge in [-0.2, -0.15) is 0 Å². The fourth-order valence-corrected chi connectivity index (χ4v) is 5.02.